The SMILES string of the molecule is Cc1ccc(-[n+]2[nH]oc(=O)c2SC(C)C(=O)Nc2c(F)c(F)c(C(F)(F)F)c(F)c2F)cc1. The van der Waals surface area contributed by atoms with Crippen molar-refractivity contribution in [3.63, 3.8) is 0 Å². The van der Waals surface area contributed by atoms with Crippen molar-refractivity contribution in [1.29, 1.82) is 0 Å². The number of anilines is 1. The number of alkyl halides is 3. The van der Waals surface area contributed by atoms with Crippen LogP contribution in [0.3, 0.4) is 0 Å². The van der Waals surface area contributed by atoms with E-state index in [1.165, 1.54) is 16.9 Å². The summed E-state index contributed by atoms with van der Waals surface area (Å²) in [7, 11) is 0. The fraction of sp³-hybridized carbons (Fsp3) is 0.211. The van der Waals surface area contributed by atoms with E-state index in [4.69, 9.17) is 4.52 Å². The van der Waals surface area contributed by atoms with Crippen molar-refractivity contribution in [2.45, 2.75) is 30.3 Å². The number of H-pyrrole nitrogens is 1. The van der Waals surface area contributed by atoms with Crippen LogP contribution in [0.2, 0.25) is 0 Å². The second-order valence-electron chi connectivity index (χ2n) is 6.71. The number of thioether (sulfide) groups is 1. The molecule has 176 valence electrons. The van der Waals surface area contributed by atoms with Gasteiger partial charge in [-0.05, 0) is 35.6 Å². The highest BCUT2D eigenvalue weighted by atomic mass is 32.2. The minimum absolute atomic E-state index is 0.160. The van der Waals surface area contributed by atoms with Gasteiger partial charge in [-0.3, -0.25) is 9.32 Å². The first kappa shape index (κ1) is 24.4. The third-order valence-corrected chi connectivity index (χ3v) is 5.49. The van der Waals surface area contributed by atoms with Crippen LogP contribution in [0.4, 0.5) is 36.4 Å². The van der Waals surface area contributed by atoms with Gasteiger partial charge in [0.05, 0.1) is 5.25 Å². The van der Waals surface area contributed by atoms with Crippen molar-refractivity contribution < 1.29 is 44.7 Å². The van der Waals surface area contributed by atoms with Gasteiger partial charge >= 0.3 is 16.8 Å². The van der Waals surface area contributed by atoms with Crippen molar-refractivity contribution >= 4 is 23.4 Å². The van der Waals surface area contributed by atoms with E-state index in [1.807, 2.05) is 6.92 Å². The Kier molecular flexibility index (Phi) is 6.58. The van der Waals surface area contributed by atoms with Crippen LogP contribution in [0.25, 0.3) is 5.69 Å². The molecule has 1 heterocycles. The fourth-order valence-electron chi connectivity index (χ4n) is 2.66. The van der Waals surface area contributed by atoms with Gasteiger partial charge in [0.15, 0.2) is 23.3 Å². The molecule has 0 bridgehead atoms. The quantitative estimate of drug-likeness (QED) is 0.240. The van der Waals surface area contributed by atoms with Crippen LogP contribution in [0, 0.1) is 30.2 Å². The first-order chi connectivity index (χ1) is 15.3. The Labute approximate surface area is 184 Å². The summed E-state index contributed by atoms with van der Waals surface area (Å²) in [6.07, 6.45) is -5.71. The zero-order chi connectivity index (χ0) is 24.7. The lowest BCUT2D eigenvalue weighted by Gasteiger charge is -2.15. The first-order valence-corrected chi connectivity index (χ1v) is 9.82. The molecule has 2 N–H and O–H groups in total. The van der Waals surface area contributed by atoms with Gasteiger partial charge in [-0.2, -0.15) is 13.2 Å². The molecule has 0 aliphatic rings. The summed E-state index contributed by atoms with van der Waals surface area (Å²) in [4.78, 5) is 24.4. The third kappa shape index (κ3) is 4.74. The van der Waals surface area contributed by atoms with E-state index in [1.54, 1.807) is 24.3 Å². The molecule has 6 nitrogen and oxygen atoms in total. The molecule has 0 fully saturated rings. The van der Waals surface area contributed by atoms with Gasteiger partial charge in [0.25, 0.3) is 0 Å². The molecule has 2 aromatic carbocycles. The average molecular weight is 496 g/mol. The minimum atomic E-state index is -5.71. The van der Waals surface area contributed by atoms with Crippen LogP contribution in [-0.4, -0.2) is 16.4 Å². The molecule has 1 atom stereocenters. The second kappa shape index (κ2) is 8.92. The number of carbonyl (C=O) groups is 1. The summed E-state index contributed by atoms with van der Waals surface area (Å²) in [6, 6.07) is 6.68. The molecule has 1 amide bonds. The highest BCUT2D eigenvalue weighted by Crippen LogP contribution is 2.38. The number of benzene rings is 2. The molecule has 0 aliphatic carbocycles. The Morgan fingerprint density at radius 2 is 1.61 bits per heavy atom. The largest absolute Gasteiger partial charge is 0.442 e. The molecule has 33 heavy (non-hydrogen) atoms. The van der Waals surface area contributed by atoms with Crippen LogP contribution in [-0.2, 0) is 11.0 Å². The standard InChI is InChI=1S/C19H12F7N3O3S/c1-7-3-5-9(6-4-7)29-17(18(31)32-28-29)33-8(2)16(30)27-15-13(22)11(20)10(19(24,25)26)12(21)14(15)23/h3-6,8H,1-2H3,(H-,27,28,30,31)/p+1. The number of rotatable bonds is 5. The van der Waals surface area contributed by atoms with E-state index in [2.05, 4.69) is 5.27 Å². The maximum absolute atomic E-state index is 14.0. The molecule has 1 unspecified atom stereocenters. The monoisotopic (exact) mass is 496 g/mol. The lowest BCUT2D eigenvalue weighted by atomic mass is 10.1. The van der Waals surface area contributed by atoms with Gasteiger partial charge in [0, 0.05) is 12.1 Å². The van der Waals surface area contributed by atoms with Crippen molar-refractivity contribution in [3.05, 3.63) is 69.1 Å². The molecular formula is C19H13F7N3O3S+. The normalized spacial score (nSPS) is 12.6. The summed E-state index contributed by atoms with van der Waals surface area (Å²) in [5.74, 6) is -11.5. The van der Waals surface area contributed by atoms with Gasteiger partial charge in [-0.25, -0.2) is 22.4 Å². The Hall–Kier alpha value is -3.29. The first-order valence-electron chi connectivity index (χ1n) is 8.94. The number of nitrogens with one attached hydrogen (secondary N) is 2. The second-order valence-corrected chi connectivity index (χ2v) is 8.04. The Balaban J connectivity index is 1.88. The van der Waals surface area contributed by atoms with E-state index in [0.717, 1.165) is 5.56 Å². The molecule has 3 aromatic rings. The molecule has 3 rings (SSSR count). The highest BCUT2D eigenvalue weighted by Gasteiger charge is 2.42. The average Bonchev–Trinajstić information content (AvgIpc) is 3.09. The molecule has 0 radical (unpaired) electrons. The third-order valence-electron chi connectivity index (χ3n) is 4.35. The van der Waals surface area contributed by atoms with Crippen LogP contribution in [0.15, 0.2) is 38.6 Å². The van der Waals surface area contributed by atoms with E-state index in [-0.39, 0.29) is 5.03 Å². The molecule has 14 heteroatoms. The highest BCUT2D eigenvalue weighted by molar-refractivity contribution is 8.00. The van der Waals surface area contributed by atoms with Crippen LogP contribution in [0.5, 0.6) is 0 Å². The van der Waals surface area contributed by atoms with E-state index >= 15 is 0 Å². The summed E-state index contributed by atoms with van der Waals surface area (Å²) in [5, 5.41) is 2.36. The lowest BCUT2D eigenvalue weighted by Crippen LogP contribution is -2.37. The number of aryl methyl sites for hydroxylation is 1. The summed E-state index contributed by atoms with van der Waals surface area (Å²) in [5.41, 5.74) is -4.05. The number of hydrogen-bond acceptors (Lipinski definition) is 4. The summed E-state index contributed by atoms with van der Waals surface area (Å²) >= 11 is 0.558. The predicted octanol–water partition coefficient (Wildman–Crippen LogP) is 4.25. The molecule has 0 saturated heterocycles. The van der Waals surface area contributed by atoms with Crippen LogP contribution < -0.4 is 15.6 Å². The summed E-state index contributed by atoms with van der Waals surface area (Å²) in [6.45, 7) is 3.00. The van der Waals surface area contributed by atoms with E-state index in [0.29, 0.717) is 17.4 Å². The minimum Gasteiger partial charge on any atom is -0.320 e. The fourth-order valence-corrected chi connectivity index (χ4v) is 3.55. The number of nitrogens with zero attached hydrogens (tertiary/aromatic N) is 1. The molecule has 0 spiro atoms. The van der Waals surface area contributed by atoms with Gasteiger partial charge in [0.2, 0.25) is 11.6 Å². The predicted molar refractivity (Wildman–Crippen MR) is 101 cm³/mol. The maximum Gasteiger partial charge on any atom is 0.442 e. The van der Waals surface area contributed by atoms with Crippen LogP contribution in [0.1, 0.15) is 18.1 Å². The van der Waals surface area contributed by atoms with Crippen molar-refractivity contribution in [2.24, 2.45) is 0 Å². The Morgan fingerprint density at radius 3 is 2.12 bits per heavy atom. The molecule has 0 saturated carbocycles. The van der Waals surface area contributed by atoms with Gasteiger partial charge in [0.1, 0.15) is 11.3 Å². The molecular weight excluding hydrogens is 483 g/mol. The number of amides is 1. The van der Waals surface area contributed by atoms with E-state index in [9.17, 15) is 40.3 Å². The topological polar surface area (TPSA) is 79.0 Å². The maximum atomic E-state index is 14.0. The number of aromatic nitrogens is 2. The number of halogens is 7. The smallest absolute Gasteiger partial charge is 0.320 e. The van der Waals surface area contributed by atoms with Gasteiger partial charge in [-0.1, -0.05) is 17.7 Å². The molecule has 1 aromatic heterocycles. The number of carbonyl (C=O) groups excluding carboxylic acids is 1. The van der Waals surface area contributed by atoms with Crippen molar-refractivity contribution in [1.82, 2.24) is 5.27 Å². The van der Waals surface area contributed by atoms with Crippen LogP contribution >= 0.6 is 11.8 Å². The van der Waals surface area contributed by atoms with Crippen molar-refractivity contribution in [2.75, 3.05) is 5.32 Å². The molecule has 0 aliphatic heterocycles. The van der Waals surface area contributed by atoms with Crippen molar-refractivity contribution in [3.8, 4) is 5.69 Å². The number of hydrogen-bond donors (Lipinski definition) is 2. The summed E-state index contributed by atoms with van der Waals surface area (Å²) < 4.78 is 99.5. The lowest BCUT2D eigenvalue weighted by molar-refractivity contribution is -0.704. The van der Waals surface area contributed by atoms with Gasteiger partial charge < -0.3 is 5.32 Å². The zero-order valence-electron chi connectivity index (χ0n) is 16.6. The van der Waals surface area contributed by atoms with E-state index < -0.39 is 57.5 Å². The number of aromatic amines is 1. The Morgan fingerprint density at radius 1 is 1.06 bits per heavy atom. The van der Waals surface area contributed by atoms with Gasteiger partial charge in [-0.15, -0.1) is 0 Å². The zero-order valence-corrected chi connectivity index (χ0v) is 17.4. The Bertz CT molecular complexity index is 1240.